The maximum absolute atomic E-state index is 12.5. The number of amides is 1. The van der Waals surface area contributed by atoms with Gasteiger partial charge in [0.2, 0.25) is 15.9 Å². The van der Waals surface area contributed by atoms with Crippen molar-refractivity contribution in [2.75, 3.05) is 32.7 Å². The SMILES string of the molecule is CCN(CC)S(=O)(=O)c1ccc([C@@H](C)NCC(=O)N2CCCC2)cc1. The maximum atomic E-state index is 12.5. The Morgan fingerprint density at radius 3 is 2.24 bits per heavy atom. The largest absolute Gasteiger partial charge is 0.342 e. The van der Waals surface area contributed by atoms with E-state index < -0.39 is 10.0 Å². The highest BCUT2D eigenvalue weighted by atomic mass is 32.2. The van der Waals surface area contributed by atoms with E-state index in [0.717, 1.165) is 31.5 Å². The summed E-state index contributed by atoms with van der Waals surface area (Å²) in [5.41, 5.74) is 0.965. The molecule has 25 heavy (non-hydrogen) atoms. The molecule has 1 aliphatic rings. The second-order valence-corrected chi connectivity index (χ2v) is 8.29. The minimum atomic E-state index is -3.43. The van der Waals surface area contributed by atoms with Crippen LogP contribution in [0.1, 0.15) is 45.2 Å². The summed E-state index contributed by atoms with van der Waals surface area (Å²) in [6.45, 7) is 8.57. The van der Waals surface area contributed by atoms with Crippen molar-refractivity contribution in [1.82, 2.24) is 14.5 Å². The lowest BCUT2D eigenvalue weighted by Crippen LogP contribution is -2.37. The van der Waals surface area contributed by atoms with Gasteiger partial charge in [0.1, 0.15) is 0 Å². The van der Waals surface area contributed by atoms with Gasteiger partial charge in [0.15, 0.2) is 0 Å². The summed E-state index contributed by atoms with van der Waals surface area (Å²) < 4.78 is 26.4. The van der Waals surface area contributed by atoms with Gasteiger partial charge in [0.05, 0.1) is 11.4 Å². The molecule has 0 unspecified atom stereocenters. The number of sulfonamides is 1. The number of likely N-dealkylation sites (tertiary alicyclic amines) is 1. The van der Waals surface area contributed by atoms with Crippen molar-refractivity contribution in [3.63, 3.8) is 0 Å². The molecule has 0 saturated carbocycles. The van der Waals surface area contributed by atoms with Crippen LogP contribution in [0, 0.1) is 0 Å². The third-order valence-corrected chi connectivity index (χ3v) is 6.81. The lowest BCUT2D eigenvalue weighted by Gasteiger charge is -2.20. The Bertz CT molecular complexity index is 663. The second-order valence-electron chi connectivity index (χ2n) is 6.35. The molecule has 1 aromatic rings. The summed E-state index contributed by atoms with van der Waals surface area (Å²) in [7, 11) is -3.43. The molecule has 1 aromatic carbocycles. The van der Waals surface area contributed by atoms with Crippen LogP contribution < -0.4 is 5.32 Å². The van der Waals surface area contributed by atoms with Gasteiger partial charge in [-0.3, -0.25) is 4.79 Å². The first-order valence-corrected chi connectivity index (χ1v) is 10.5. The van der Waals surface area contributed by atoms with Gasteiger partial charge in [0.25, 0.3) is 0 Å². The highest BCUT2D eigenvalue weighted by Gasteiger charge is 2.22. The number of benzene rings is 1. The minimum Gasteiger partial charge on any atom is -0.342 e. The maximum Gasteiger partial charge on any atom is 0.243 e. The highest BCUT2D eigenvalue weighted by molar-refractivity contribution is 7.89. The Morgan fingerprint density at radius 1 is 1.16 bits per heavy atom. The molecule has 1 fully saturated rings. The first kappa shape index (κ1) is 19.9. The first-order chi connectivity index (χ1) is 11.9. The molecule has 1 heterocycles. The van der Waals surface area contributed by atoms with Crippen LogP contribution in [0.3, 0.4) is 0 Å². The van der Waals surface area contributed by atoms with Gasteiger partial charge in [-0.15, -0.1) is 0 Å². The molecule has 1 saturated heterocycles. The third kappa shape index (κ3) is 4.80. The predicted octanol–water partition coefficient (Wildman–Crippen LogP) is 1.99. The van der Waals surface area contributed by atoms with Gasteiger partial charge in [-0.2, -0.15) is 4.31 Å². The molecule has 0 radical (unpaired) electrons. The van der Waals surface area contributed by atoms with E-state index in [0.29, 0.717) is 24.5 Å². The smallest absolute Gasteiger partial charge is 0.243 e. The van der Waals surface area contributed by atoms with Crippen molar-refractivity contribution in [2.24, 2.45) is 0 Å². The molecule has 0 aliphatic carbocycles. The van der Waals surface area contributed by atoms with Crippen LogP contribution in [0.5, 0.6) is 0 Å². The lowest BCUT2D eigenvalue weighted by atomic mass is 10.1. The fourth-order valence-electron chi connectivity index (χ4n) is 3.08. The zero-order chi connectivity index (χ0) is 18.4. The van der Waals surface area contributed by atoms with Crippen LogP contribution in [0.25, 0.3) is 0 Å². The van der Waals surface area contributed by atoms with Gasteiger partial charge in [-0.25, -0.2) is 8.42 Å². The predicted molar refractivity (Wildman–Crippen MR) is 98.8 cm³/mol. The van der Waals surface area contributed by atoms with E-state index in [1.807, 2.05) is 37.8 Å². The Morgan fingerprint density at radius 2 is 1.72 bits per heavy atom. The molecule has 0 bridgehead atoms. The Kier molecular flexibility index (Phi) is 6.98. The van der Waals surface area contributed by atoms with Gasteiger partial charge >= 0.3 is 0 Å². The number of carbonyl (C=O) groups is 1. The lowest BCUT2D eigenvalue weighted by molar-refractivity contribution is -0.129. The van der Waals surface area contributed by atoms with Gasteiger partial charge < -0.3 is 10.2 Å². The zero-order valence-electron chi connectivity index (χ0n) is 15.4. The monoisotopic (exact) mass is 367 g/mol. The summed E-state index contributed by atoms with van der Waals surface area (Å²) in [4.78, 5) is 14.3. The van der Waals surface area contributed by atoms with E-state index in [9.17, 15) is 13.2 Å². The molecule has 6 nitrogen and oxygen atoms in total. The topological polar surface area (TPSA) is 69.7 Å². The second kappa shape index (κ2) is 8.78. The molecule has 1 N–H and O–H groups in total. The molecule has 2 rings (SSSR count). The molecule has 7 heteroatoms. The van der Waals surface area contributed by atoms with E-state index in [1.165, 1.54) is 4.31 Å². The van der Waals surface area contributed by atoms with E-state index in [1.54, 1.807) is 12.1 Å². The van der Waals surface area contributed by atoms with Gasteiger partial charge in [-0.1, -0.05) is 26.0 Å². The number of rotatable bonds is 8. The summed E-state index contributed by atoms with van der Waals surface area (Å²) in [6, 6.07) is 6.90. The number of nitrogens with zero attached hydrogens (tertiary/aromatic N) is 2. The third-order valence-electron chi connectivity index (χ3n) is 4.74. The fourth-order valence-corrected chi connectivity index (χ4v) is 4.54. The normalized spacial score (nSPS) is 16.4. The molecular weight excluding hydrogens is 338 g/mol. The van der Waals surface area contributed by atoms with E-state index in [2.05, 4.69) is 5.32 Å². The Hall–Kier alpha value is -1.44. The van der Waals surface area contributed by atoms with Crippen molar-refractivity contribution >= 4 is 15.9 Å². The molecule has 0 spiro atoms. The van der Waals surface area contributed by atoms with Crippen molar-refractivity contribution in [3.05, 3.63) is 29.8 Å². The average Bonchev–Trinajstić information content (AvgIpc) is 3.15. The minimum absolute atomic E-state index is 0.0169. The molecule has 1 aliphatic heterocycles. The van der Waals surface area contributed by atoms with E-state index in [4.69, 9.17) is 0 Å². The Balaban J connectivity index is 1.97. The fraction of sp³-hybridized carbons (Fsp3) is 0.611. The van der Waals surface area contributed by atoms with Crippen LogP contribution in [-0.4, -0.2) is 56.3 Å². The number of carbonyl (C=O) groups excluding carboxylic acids is 1. The molecule has 1 atom stereocenters. The molecular formula is C18H29N3O3S. The average molecular weight is 368 g/mol. The zero-order valence-corrected chi connectivity index (χ0v) is 16.2. The summed E-state index contributed by atoms with van der Waals surface area (Å²) in [6.07, 6.45) is 2.17. The summed E-state index contributed by atoms with van der Waals surface area (Å²) >= 11 is 0. The van der Waals surface area contributed by atoms with Crippen LogP contribution in [0.2, 0.25) is 0 Å². The number of hydrogen-bond acceptors (Lipinski definition) is 4. The first-order valence-electron chi connectivity index (χ1n) is 9.01. The van der Waals surface area contributed by atoms with Crippen molar-refractivity contribution < 1.29 is 13.2 Å². The molecule has 140 valence electrons. The van der Waals surface area contributed by atoms with Crippen LogP contribution in [0.15, 0.2) is 29.2 Å². The summed E-state index contributed by atoms with van der Waals surface area (Å²) in [5.74, 6) is 0.130. The van der Waals surface area contributed by atoms with Gasteiger partial charge in [-0.05, 0) is 37.5 Å². The van der Waals surface area contributed by atoms with Crippen LogP contribution in [-0.2, 0) is 14.8 Å². The van der Waals surface area contributed by atoms with Crippen molar-refractivity contribution in [3.8, 4) is 0 Å². The van der Waals surface area contributed by atoms with Gasteiger partial charge in [0, 0.05) is 32.2 Å². The number of hydrogen-bond donors (Lipinski definition) is 1. The van der Waals surface area contributed by atoms with E-state index >= 15 is 0 Å². The van der Waals surface area contributed by atoms with Crippen LogP contribution >= 0.6 is 0 Å². The molecule has 0 aromatic heterocycles. The van der Waals surface area contributed by atoms with Crippen LogP contribution in [0.4, 0.5) is 0 Å². The van der Waals surface area contributed by atoms with Crippen molar-refractivity contribution in [1.29, 1.82) is 0 Å². The van der Waals surface area contributed by atoms with E-state index in [-0.39, 0.29) is 11.9 Å². The Labute approximate surface area is 151 Å². The standard InChI is InChI=1S/C18H29N3O3S/c1-4-21(5-2)25(23,24)17-10-8-16(9-11-17)15(3)19-14-18(22)20-12-6-7-13-20/h8-11,15,19H,4-7,12-14H2,1-3H3/t15-/m1/s1. The quantitative estimate of drug-likeness (QED) is 0.763. The highest BCUT2D eigenvalue weighted by Crippen LogP contribution is 2.19. The van der Waals surface area contributed by atoms with Crippen molar-refractivity contribution in [2.45, 2.75) is 44.6 Å². The number of nitrogens with one attached hydrogen (secondary N) is 1. The summed E-state index contributed by atoms with van der Waals surface area (Å²) in [5, 5.41) is 3.23. The molecule has 1 amide bonds.